The summed E-state index contributed by atoms with van der Waals surface area (Å²) in [7, 11) is -4.02. The topological polar surface area (TPSA) is 113 Å². The van der Waals surface area contributed by atoms with Crippen molar-refractivity contribution in [3.63, 3.8) is 0 Å². The lowest BCUT2D eigenvalue weighted by atomic mass is 9.86. The van der Waals surface area contributed by atoms with Crippen LogP contribution in [-0.2, 0) is 25.1 Å². The Balaban J connectivity index is 0.000000233. The second kappa shape index (κ2) is 18.9. The Morgan fingerprint density at radius 2 is 1.02 bits per heavy atom. The Labute approximate surface area is 347 Å². The number of nitrogens with zero attached hydrogens (tertiary/aromatic N) is 4. The number of ether oxygens (including phenoxy) is 2. The van der Waals surface area contributed by atoms with E-state index >= 15 is 0 Å². The lowest BCUT2D eigenvalue weighted by molar-refractivity contribution is 0.133. The standard InChI is InChI=1S/C27H28N2O4S.C20H21FN2O.CH4/c1-19-9-15-22(16-10-19)34(30,31)33-25(20-11-13-21(14-12-20)27(2,3)4)17-32-26-23-7-5-6-8-24(23)28-18-29-26;1-20(2,3)15-10-8-14(9-11-15)17(21)12-24-19-16-6-4-5-7-18(16)22-13-23-19;/h5-16,18,25H,17H2,1-4H3;4-11,13,17H,12H2,1-3H3;1H4. The number of hydrogen-bond donors (Lipinski definition) is 0. The first kappa shape index (κ1) is 44.3. The lowest BCUT2D eigenvalue weighted by Gasteiger charge is -2.22. The average molecular weight is 817 g/mol. The first-order chi connectivity index (χ1) is 27.6. The van der Waals surface area contributed by atoms with Crippen LogP contribution in [-0.4, -0.2) is 41.6 Å². The van der Waals surface area contributed by atoms with Crippen molar-refractivity contribution in [1.29, 1.82) is 0 Å². The van der Waals surface area contributed by atoms with Gasteiger partial charge in [0.25, 0.3) is 10.1 Å². The Morgan fingerprint density at radius 1 is 0.576 bits per heavy atom. The Morgan fingerprint density at radius 3 is 1.49 bits per heavy atom. The Hall–Kier alpha value is -5.78. The molecule has 308 valence electrons. The number of para-hydroxylation sites is 2. The third-order valence-electron chi connectivity index (χ3n) is 9.59. The smallest absolute Gasteiger partial charge is 0.297 e. The van der Waals surface area contributed by atoms with Crippen LogP contribution < -0.4 is 9.47 Å². The molecule has 0 aliphatic rings. The molecule has 0 bridgehead atoms. The first-order valence-electron chi connectivity index (χ1n) is 19.1. The summed E-state index contributed by atoms with van der Waals surface area (Å²) in [6.07, 6.45) is 0.791. The second-order valence-corrected chi connectivity index (χ2v) is 17.6. The molecule has 0 fully saturated rings. The molecule has 2 unspecified atom stereocenters. The van der Waals surface area contributed by atoms with Crippen LogP contribution >= 0.6 is 0 Å². The Bertz CT molecular complexity index is 2540. The quantitative estimate of drug-likeness (QED) is 0.118. The zero-order valence-electron chi connectivity index (χ0n) is 33.9. The van der Waals surface area contributed by atoms with E-state index in [2.05, 4.69) is 61.5 Å². The van der Waals surface area contributed by atoms with Crippen LogP contribution in [0.3, 0.4) is 0 Å². The van der Waals surface area contributed by atoms with Crippen LogP contribution in [0.5, 0.6) is 11.8 Å². The molecular weight excluding hydrogens is 764 g/mol. The van der Waals surface area contributed by atoms with Crippen molar-refractivity contribution in [1.82, 2.24) is 19.9 Å². The molecule has 2 heterocycles. The number of rotatable bonds is 11. The van der Waals surface area contributed by atoms with E-state index < -0.39 is 22.4 Å². The van der Waals surface area contributed by atoms with Gasteiger partial charge in [0.1, 0.15) is 32.0 Å². The molecule has 0 radical (unpaired) electrons. The summed E-state index contributed by atoms with van der Waals surface area (Å²) in [6.45, 7) is 14.6. The van der Waals surface area contributed by atoms with Gasteiger partial charge in [0, 0.05) is 0 Å². The number of alkyl halides is 1. The number of halogens is 1. The number of hydrogen-bond acceptors (Lipinski definition) is 9. The van der Waals surface area contributed by atoms with E-state index in [1.807, 2.05) is 104 Å². The van der Waals surface area contributed by atoms with Gasteiger partial charge in [-0.1, -0.05) is 139 Å². The van der Waals surface area contributed by atoms with Crippen molar-refractivity contribution >= 4 is 31.9 Å². The van der Waals surface area contributed by atoms with Gasteiger partial charge in [0.15, 0.2) is 6.17 Å². The van der Waals surface area contributed by atoms with Crippen LogP contribution in [0.25, 0.3) is 21.8 Å². The molecule has 0 spiro atoms. The van der Waals surface area contributed by atoms with Gasteiger partial charge in [0.05, 0.1) is 26.7 Å². The number of aryl methyl sites for hydroxylation is 1. The maximum Gasteiger partial charge on any atom is 0.297 e. The highest BCUT2D eigenvalue weighted by Gasteiger charge is 2.26. The van der Waals surface area contributed by atoms with E-state index in [-0.39, 0.29) is 36.4 Å². The molecule has 0 N–H and O–H groups in total. The van der Waals surface area contributed by atoms with E-state index in [0.717, 1.165) is 32.9 Å². The first-order valence-corrected chi connectivity index (χ1v) is 20.5. The predicted octanol–water partition coefficient (Wildman–Crippen LogP) is 11.4. The van der Waals surface area contributed by atoms with Crippen molar-refractivity contribution in [2.24, 2.45) is 0 Å². The van der Waals surface area contributed by atoms with Crippen molar-refractivity contribution in [3.8, 4) is 11.8 Å². The molecule has 11 heteroatoms. The number of fused-ring (bicyclic) bond motifs is 2. The predicted molar refractivity (Wildman–Crippen MR) is 233 cm³/mol. The maximum atomic E-state index is 14.5. The highest BCUT2D eigenvalue weighted by atomic mass is 32.2. The second-order valence-electron chi connectivity index (χ2n) is 16.1. The largest absolute Gasteiger partial charge is 0.474 e. The highest BCUT2D eigenvalue weighted by molar-refractivity contribution is 7.86. The van der Waals surface area contributed by atoms with Crippen LogP contribution in [0.2, 0.25) is 0 Å². The molecule has 9 nitrogen and oxygen atoms in total. The van der Waals surface area contributed by atoms with Gasteiger partial charge >= 0.3 is 0 Å². The average Bonchev–Trinajstić information content (AvgIpc) is 3.21. The molecule has 7 aromatic rings. The maximum absolute atomic E-state index is 14.5. The normalized spacial score (nSPS) is 12.8. The van der Waals surface area contributed by atoms with Crippen LogP contribution in [0.15, 0.2) is 139 Å². The van der Waals surface area contributed by atoms with Crippen molar-refractivity contribution < 1.29 is 26.5 Å². The van der Waals surface area contributed by atoms with E-state index in [0.29, 0.717) is 22.9 Å². The molecule has 2 aromatic heterocycles. The molecule has 59 heavy (non-hydrogen) atoms. The fourth-order valence-electron chi connectivity index (χ4n) is 6.08. The lowest BCUT2D eigenvalue weighted by Crippen LogP contribution is -2.19. The van der Waals surface area contributed by atoms with E-state index in [1.54, 1.807) is 24.3 Å². The zero-order chi connectivity index (χ0) is 41.5. The fraction of sp³-hybridized carbons (Fsp3) is 0.292. The summed E-state index contributed by atoms with van der Waals surface area (Å²) in [6, 6.07) is 36.9. The zero-order valence-corrected chi connectivity index (χ0v) is 34.7. The molecular formula is C48H53FN4O5S. The Kier molecular flexibility index (Phi) is 14.2. The summed E-state index contributed by atoms with van der Waals surface area (Å²) in [5.41, 5.74) is 6.15. The van der Waals surface area contributed by atoms with Gasteiger partial charge in [0.2, 0.25) is 11.8 Å². The summed E-state index contributed by atoms with van der Waals surface area (Å²) >= 11 is 0. The summed E-state index contributed by atoms with van der Waals surface area (Å²) in [5.74, 6) is 0.785. The molecule has 0 amide bonds. The summed E-state index contributed by atoms with van der Waals surface area (Å²) in [4.78, 5) is 16.9. The minimum atomic E-state index is -4.02. The molecule has 0 aliphatic carbocycles. The van der Waals surface area contributed by atoms with Crippen LogP contribution in [0.4, 0.5) is 4.39 Å². The van der Waals surface area contributed by atoms with Crippen molar-refractivity contribution in [3.05, 3.63) is 162 Å². The molecule has 7 rings (SSSR count). The number of benzene rings is 5. The monoisotopic (exact) mass is 816 g/mol. The van der Waals surface area contributed by atoms with Gasteiger partial charge in [-0.2, -0.15) is 8.42 Å². The molecule has 5 aromatic carbocycles. The van der Waals surface area contributed by atoms with Gasteiger partial charge in [-0.3, -0.25) is 4.18 Å². The van der Waals surface area contributed by atoms with E-state index in [9.17, 15) is 12.8 Å². The van der Waals surface area contributed by atoms with Gasteiger partial charge in [-0.05, 0) is 76.4 Å². The number of aromatic nitrogens is 4. The van der Waals surface area contributed by atoms with Gasteiger partial charge < -0.3 is 9.47 Å². The SMILES string of the molecule is C.CC(C)(C)c1ccc(C(F)COc2ncnc3ccccc23)cc1.Cc1ccc(S(=O)(=O)OC(COc2ncnc3ccccc23)c2ccc(C(C)(C)C)cc2)cc1. The molecule has 0 aliphatic heterocycles. The minimum Gasteiger partial charge on any atom is -0.474 e. The molecule has 0 saturated carbocycles. The van der Waals surface area contributed by atoms with Gasteiger partial charge in [-0.25, -0.2) is 24.3 Å². The molecule has 0 saturated heterocycles. The van der Waals surface area contributed by atoms with Crippen molar-refractivity contribution in [2.45, 2.75) is 83.9 Å². The third kappa shape index (κ3) is 11.5. The van der Waals surface area contributed by atoms with Crippen LogP contribution in [0.1, 0.15) is 89.1 Å². The summed E-state index contributed by atoms with van der Waals surface area (Å²) in [5, 5.41) is 1.53. The fourth-order valence-corrected chi connectivity index (χ4v) is 7.13. The summed E-state index contributed by atoms with van der Waals surface area (Å²) < 4.78 is 57.9. The minimum absolute atomic E-state index is 0. The van der Waals surface area contributed by atoms with Crippen molar-refractivity contribution in [2.75, 3.05) is 13.2 Å². The van der Waals surface area contributed by atoms with Crippen LogP contribution in [0, 0.1) is 6.92 Å². The third-order valence-corrected chi connectivity index (χ3v) is 10.9. The van der Waals surface area contributed by atoms with E-state index in [1.165, 1.54) is 18.2 Å². The molecule has 2 atom stereocenters. The van der Waals surface area contributed by atoms with E-state index in [4.69, 9.17) is 13.7 Å². The van der Waals surface area contributed by atoms with Gasteiger partial charge in [-0.15, -0.1) is 0 Å². The highest BCUT2D eigenvalue weighted by Crippen LogP contribution is 2.31.